The van der Waals surface area contributed by atoms with Crippen LogP contribution in [0.2, 0.25) is 0 Å². The van der Waals surface area contributed by atoms with Gasteiger partial charge in [-0.3, -0.25) is 10.1 Å². The minimum atomic E-state index is -0.460. The molecule has 2 heterocycles. The largest absolute Gasteiger partial charge is 0.368 e. The van der Waals surface area contributed by atoms with Gasteiger partial charge in [0.05, 0.1) is 4.92 Å². The van der Waals surface area contributed by atoms with Crippen molar-refractivity contribution in [1.82, 2.24) is 9.97 Å². The molecule has 1 unspecified atom stereocenters. The second-order valence-corrected chi connectivity index (χ2v) is 5.87. The van der Waals surface area contributed by atoms with Crippen LogP contribution in [0.4, 0.5) is 17.5 Å². The topological polar surface area (TPSA) is 98.2 Å². The standard InChI is InChI=1S/C13H17N5O2S/c1-8(7-10-5-4-6-21-10)17(3)12-11(18(19)20)9(2)15-13(14)16-12/h4-6,8H,7H2,1-3H3,(H2,14,15,16). The van der Waals surface area contributed by atoms with E-state index in [0.29, 0.717) is 0 Å². The highest BCUT2D eigenvalue weighted by atomic mass is 32.1. The maximum Gasteiger partial charge on any atom is 0.332 e. The van der Waals surface area contributed by atoms with E-state index in [1.807, 2.05) is 24.4 Å². The molecule has 0 saturated heterocycles. The Hall–Kier alpha value is -2.22. The first-order chi connectivity index (χ1) is 9.90. The maximum absolute atomic E-state index is 11.3. The van der Waals surface area contributed by atoms with Crippen LogP contribution in [0.3, 0.4) is 0 Å². The van der Waals surface area contributed by atoms with Gasteiger partial charge in [0.2, 0.25) is 11.8 Å². The minimum absolute atomic E-state index is 0.0447. The predicted octanol–water partition coefficient (Wildman–Crippen LogP) is 2.40. The summed E-state index contributed by atoms with van der Waals surface area (Å²) in [6.07, 6.45) is 0.786. The zero-order chi connectivity index (χ0) is 15.6. The molecule has 0 amide bonds. The number of anilines is 2. The van der Waals surface area contributed by atoms with Gasteiger partial charge in [-0.05, 0) is 25.3 Å². The number of nitrogen functional groups attached to an aromatic ring is 1. The first-order valence-corrected chi connectivity index (χ1v) is 7.31. The molecule has 2 N–H and O–H groups in total. The van der Waals surface area contributed by atoms with Crippen LogP contribution >= 0.6 is 11.3 Å². The van der Waals surface area contributed by atoms with E-state index >= 15 is 0 Å². The number of hydrogen-bond donors (Lipinski definition) is 1. The van der Waals surface area contributed by atoms with Crippen LogP contribution in [0, 0.1) is 17.0 Å². The summed E-state index contributed by atoms with van der Waals surface area (Å²) in [6.45, 7) is 3.56. The fourth-order valence-corrected chi connectivity index (χ4v) is 2.92. The second-order valence-electron chi connectivity index (χ2n) is 4.84. The molecule has 0 aliphatic carbocycles. The molecule has 0 aliphatic heterocycles. The van der Waals surface area contributed by atoms with Gasteiger partial charge in [-0.1, -0.05) is 6.07 Å². The fraction of sp³-hybridized carbons (Fsp3) is 0.385. The van der Waals surface area contributed by atoms with E-state index in [2.05, 4.69) is 9.97 Å². The molecular weight excluding hydrogens is 290 g/mol. The third kappa shape index (κ3) is 3.27. The summed E-state index contributed by atoms with van der Waals surface area (Å²) in [6, 6.07) is 4.08. The van der Waals surface area contributed by atoms with Crippen molar-refractivity contribution < 1.29 is 4.92 Å². The van der Waals surface area contributed by atoms with E-state index in [4.69, 9.17) is 5.73 Å². The summed E-state index contributed by atoms with van der Waals surface area (Å²) < 4.78 is 0. The van der Waals surface area contributed by atoms with Gasteiger partial charge in [0.15, 0.2) is 0 Å². The fourth-order valence-electron chi connectivity index (χ4n) is 2.10. The molecule has 7 nitrogen and oxygen atoms in total. The molecule has 2 rings (SSSR count). The van der Waals surface area contributed by atoms with Gasteiger partial charge >= 0.3 is 5.69 Å². The highest BCUT2D eigenvalue weighted by Crippen LogP contribution is 2.30. The molecule has 2 aromatic rings. The van der Waals surface area contributed by atoms with Crippen LogP contribution in [0.15, 0.2) is 17.5 Å². The van der Waals surface area contributed by atoms with Gasteiger partial charge in [-0.15, -0.1) is 11.3 Å². The summed E-state index contributed by atoms with van der Waals surface area (Å²) in [5.74, 6) is 0.303. The lowest BCUT2D eigenvalue weighted by molar-refractivity contribution is -0.385. The molecule has 0 spiro atoms. The lowest BCUT2D eigenvalue weighted by Gasteiger charge is -2.25. The van der Waals surface area contributed by atoms with Gasteiger partial charge in [-0.25, -0.2) is 4.98 Å². The summed E-state index contributed by atoms with van der Waals surface area (Å²) >= 11 is 1.66. The molecule has 112 valence electrons. The smallest absolute Gasteiger partial charge is 0.332 e. The Balaban J connectivity index is 2.33. The molecule has 0 aromatic carbocycles. The number of nitrogens with two attached hydrogens (primary N) is 1. The number of nitro groups is 1. The molecule has 21 heavy (non-hydrogen) atoms. The van der Waals surface area contributed by atoms with Crippen molar-refractivity contribution in [2.45, 2.75) is 26.3 Å². The molecule has 0 radical (unpaired) electrons. The van der Waals surface area contributed by atoms with E-state index in [1.165, 1.54) is 4.88 Å². The van der Waals surface area contributed by atoms with Crippen molar-refractivity contribution in [2.24, 2.45) is 0 Å². The zero-order valence-corrected chi connectivity index (χ0v) is 12.9. The number of nitrogens with zero attached hydrogens (tertiary/aromatic N) is 4. The van der Waals surface area contributed by atoms with Gasteiger partial charge in [-0.2, -0.15) is 4.98 Å². The van der Waals surface area contributed by atoms with Gasteiger partial charge in [0, 0.05) is 24.4 Å². The first kappa shape index (κ1) is 15.2. The molecule has 0 saturated carbocycles. The number of aromatic nitrogens is 2. The number of rotatable bonds is 5. The quantitative estimate of drug-likeness (QED) is 0.672. The van der Waals surface area contributed by atoms with Gasteiger partial charge in [0.25, 0.3) is 0 Å². The van der Waals surface area contributed by atoms with Crippen molar-refractivity contribution in [3.8, 4) is 0 Å². The maximum atomic E-state index is 11.3. The SMILES string of the molecule is Cc1nc(N)nc(N(C)C(C)Cc2cccs2)c1[N+](=O)[O-]. The number of likely N-dealkylation sites (N-methyl/N-ethyl adjacent to an activating group) is 1. The van der Waals surface area contributed by atoms with Crippen molar-refractivity contribution in [1.29, 1.82) is 0 Å². The highest BCUT2D eigenvalue weighted by molar-refractivity contribution is 7.09. The van der Waals surface area contributed by atoms with E-state index in [9.17, 15) is 10.1 Å². The Labute approximate surface area is 126 Å². The molecule has 0 fully saturated rings. The third-order valence-electron chi connectivity index (χ3n) is 3.31. The number of aryl methyl sites for hydroxylation is 1. The summed E-state index contributed by atoms with van der Waals surface area (Å²) in [5.41, 5.74) is 5.82. The van der Waals surface area contributed by atoms with E-state index in [-0.39, 0.29) is 29.2 Å². The molecule has 8 heteroatoms. The van der Waals surface area contributed by atoms with E-state index in [0.717, 1.165) is 6.42 Å². The molecule has 0 bridgehead atoms. The lowest BCUT2D eigenvalue weighted by Crippen LogP contribution is -2.32. The van der Waals surface area contributed by atoms with Crippen LogP contribution < -0.4 is 10.6 Å². The minimum Gasteiger partial charge on any atom is -0.368 e. The van der Waals surface area contributed by atoms with Gasteiger partial charge < -0.3 is 10.6 Å². The molecular formula is C13H17N5O2S. The monoisotopic (exact) mass is 307 g/mol. The number of hydrogen-bond acceptors (Lipinski definition) is 7. The highest BCUT2D eigenvalue weighted by Gasteiger charge is 2.26. The Morgan fingerprint density at radius 2 is 2.24 bits per heavy atom. The third-order valence-corrected chi connectivity index (χ3v) is 4.21. The Kier molecular flexibility index (Phi) is 4.37. The Morgan fingerprint density at radius 1 is 1.52 bits per heavy atom. The van der Waals surface area contributed by atoms with E-state index in [1.54, 1.807) is 30.2 Å². The second kappa shape index (κ2) is 6.04. The molecule has 2 aromatic heterocycles. The van der Waals surface area contributed by atoms with Crippen molar-refractivity contribution >= 4 is 28.8 Å². The average molecular weight is 307 g/mol. The predicted molar refractivity (Wildman–Crippen MR) is 83.7 cm³/mol. The summed E-state index contributed by atoms with van der Waals surface area (Å²) in [7, 11) is 1.78. The van der Waals surface area contributed by atoms with Gasteiger partial charge in [0.1, 0.15) is 5.69 Å². The summed E-state index contributed by atoms with van der Waals surface area (Å²) in [5, 5.41) is 13.3. The lowest BCUT2D eigenvalue weighted by atomic mass is 10.2. The van der Waals surface area contributed by atoms with Crippen LogP contribution in [0.5, 0.6) is 0 Å². The van der Waals surface area contributed by atoms with Crippen LogP contribution in [0.25, 0.3) is 0 Å². The normalized spacial score (nSPS) is 12.1. The van der Waals surface area contributed by atoms with E-state index < -0.39 is 4.92 Å². The Morgan fingerprint density at radius 3 is 2.81 bits per heavy atom. The summed E-state index contributed by atoms with van der Waals surface area (Å²) in [4.78, 5) is 21.7. The van der Waals surface area contributed by atoms with Crippen LogP contribution in [-0.2, 0) is 6.42 Å². The average Bonchev–Trinajstić information content (AvgIpc) is 2.89. The number of thiophene rings is 1. The van der Waals surface area contributed by atoms with Crippen LogP contribution in [-0.4, -0.2) is 28.0 Å². The molecule has 0 aliphatic rings. The molecule has 1 atom stereocenters. The zero-order valence-electron chi connectivity index (χ0n) is 12.1. The van der Waals surface area contributed by atoms with Crippen LogP contribution in [0.1, 0.15) is 17.5 Å². The van der Waals surface area contributed by atoms with Crippen molar-refractivity contribution in [3.05, 3.63) is 38.2 Å². The first-order valence-electron chi connectivity index (χ1n) is 6.44. The van der Waals surface area contributed by atoms with Crippen molar-refractivity contribution in [3.63, 3.8) is 0 Å². The van der Waals surface area contributed by atoms with Crippen molar-refractivity contribution in [2.75, 3.05) is 17.7 Å². The Bertz CT molecular complexity index is 644.